The first-order chi connectivity index (χ1) is 11.5. The zero-order chi connectivity index (χ0) is 17.3. The first kappa shape index (κ1) is 16.5. The summed E-state index contributed by atoms with van der Waals surface area (Å²) >= 11 is 0. The number of likely N-dealkylation sites (tertiary alicyclic amines) is 2. The van der Waals surface area contributed by atoms with Crippen molar-refractivity contribution in [1.82, 2.24) is 9.80 Å². The lowest BCUT2D eigenvalue weighted by Gasteiger charge is -2.37. The highest BCUT2D eigenvalue weighted by molar-refractivity contribution is 5.96. The molecule has 7 nitrogen and oxygen atoms in total. The predicted octanol–water partition coefficient (Wildman–Crippen LogP) is 1.60. The highest BCUT2D eigenvalue weighted by atomic mass is 16.4. The molecule has 3 heterocycles. The zero-order valence-electron chi connectivity index (χ0n) is 13.7. The van der Waals surface area contributed by atoms with E-state index in [1.807, 2.05) is 0 Å². The minimum Gasteiger partial charge on any atom is -0.481 e. The van der Waals surface area contributed by atoms with Crippen LogP contribution >= 0.6 is 0 Å². The van der Waals surface area contributed by atoms with Crippen LogP contribution in [0.1, 0.15) is 43.2 Å². The summed E-state index contributed by atoms with van der Waals surface area (Å²) in [6.07, 6.45) is 4.23. The van der Waals surface area contributed by atoms with E-state index in [0.717, 1.165) is 12.8 Å². The Labute approximate surface area is 140 Å². The molecular formula is C17H22N2O5. The highest BCUT2D eigenvalue weighted by Gasteiger charge is 2.43. The van der Waals surface area contributed by atoms with Gasteiger partial charge in [-0.05, 0) is 44.7 Å². The van der Waals surface area contributed by atoms with Crippen molar-refractivity contribution in [2.45, 2.75) is 44.7 Å². The molecule has 2 aliphatic rings. The SMILES string of the molecule is CC1C(C(=O)O)CCN1C(=O)C1CCCCN1C(=O)c1ccco1. The van der Waals surface area contributed by atoms with Crippen LogP contribution in [0.5, 0.6) is 0 Å². The molecule has 3 unspecified atom stereocenters. The highest BCUT2D eigenvalue weighted by Crippen LogP contribution is 2.28. The van der Waals surface area contributed by atoms with Crippen LogP contribution in [0.4, 0.5) is 0 Å². The Bertz CT molecular complexity index is 627. The van der Waals surface area contributed by atoms with Gasteiger partial charge in [0.25, 0.3) is 5.91 Å². The molecule has 7 heteroatoms. The maximum absolute atomic E-state index is 13.0. The fourth-order valence-corrected chi connectivity index (χ4v) is 3.75. The van der Waals surface area contributed by atoms with E-state index in [2.05, 4.69) is 0 Å². The Morgan fingerprint density at radius 2 is 1.96 bits per heavy atom. The number of carboxylic acids is 1. The summed E-state index contributed by atoms with van der Waals surface area (Å²) in [5.74, 6) is -1.60. The van der Waals surface area contributed by atoms with Crippen LogP contribution in [0.15, 0.2) is 22.8 Å². The van der Waals surface area contributed by atoms with Gasteiger partial charge in [-0.1, -0.05) is 0 Å². The Kier molecular flexibility index (Phi) is 4.59. The molecule has 0 bridgehead atoms. The van der Waals surface area contributed by atoms with E-state index in [1.165, 1.54) is 6.26 Å². The lowest BCUT2D eigenvalue weighted by atomic mass is 9.99. The number of furan rings is 1. The molecule has 3 rings (SSSR count). The van der Waals surface area contributed by atoms with Gasteiger partial charge in [0.05, 0.1) is 12.2 Å². The van der Waals surface area contributed by atoms with Gasteiger partial charge in [0.15, 0.2) is 5.76 Å². The number of piperidine rings is 1. The molecule has 2 amide bonds. The second kappa shape index (κ2) is 6.67. The number of carbonyl (C=O) groups is 3. The summed E-state index contributed by atoms with van der Waals surface area (Å²) in [6.45, 7) is 2.71. The molecule has 0 saturated carbocycles. The van der Waals surface area contributed by atoms with Crippen molar-refractivity contribution in [3.8, 4) is 0 Å². The van der Waals surface area contributed by atoms with E-state index in [4.69, 9.17) is 4.42 Å². The van der Waals surface area contributed by atoms with Gasteiger partial charge in [0.2, 0.25) is 5.91 Å². The topological polar surface area (TPSA) is 91.1 Å². The molecule has 1 aromatic rings. The first-order valence-corrected chi connectivity index (χ1v) is 8.38. The van der Waals surface area contributed by atoms with Crippen LogP contribution in [0.3, 0.4) is 0 Å². The van der Waals surface area contributed by atoms with E-state index < -0.39 is 17.9 Å². The summed E-state index contributed by atoms with van der Waals surface area (Å²) in [5.41, 5.74) is 0. The van der Waals surface area contributed by atoms with Crippen LogP contribution in [0.25, 0.3) is 0 Å². The van der Waals surface area contributed by atoms with E-state index in [1.54, 1.807) is 28.9 Å². The lowest BCUT2D eigenvalue weighted by Crippen LogP contribution is -2.54. The van der Waals surface area contributed by atoms with Crippen LogP contribution in [0, 0.1) is 5.92 Å². The summed E-state index contributed by atoms with van der Waals surface area (Å²) < 4.78 is 5.18. The van der Waals surface area contributed by atoms with Gasteiger partial charge in [-0.25, -0.2) is 0 Å². The van der Waals surface area contributed by atoms with Gasteiger partial charge in [-0.2, -0.15) is 0 Å². The fraction of sp³-hybridized carbons (Fsp3) is 0.588. The third-order valence-corrected chi connectivity index (χ3v) is 5.14. The standard InChI is InChI=1S/C17H22N2O5/c1-11-12(17(22)23)7-9-18(11)15(20)13-5-2-3-8-19(13)16(21)14-6-4-10-24-14/h4,6,10-13H,2-3,5,7-9H2,1H3,(H,22,23). The Balaban J connectivity index is 1.77. The van der Waals surface area contributed by atoms with Gasteiger partial charge in [-0.3, -0.25) is 14.4 Å². The number of amides is 2. The van der Waals surface area contributed by atoms with Crippen molar-refractivity contribution < 1.29 is 23.9 Å². The number of hydrogen-bond donors (Lipinski definition) is 1. The zero-order valence-corrected chi connectivity index (χ0v) is 13.7. The van der Waals surface area contributed by atoms with E-state index in [-0.39, 0.29) is 23.6 Å². The van der Waals surface area contributed by atoms with Crippen molar-refractivity contribution in [3.05, 3.63) is 24.2 Å². The van der Waals surface area contributed by atoms with Crippen LogP contribution in [-0.2, 0) is 9.59 Å². The third kappa shape index (κ3) is 2.90. The number of carbonyl (C=O) groups excluding carboxylic acids is 2. The average molecular weight is 334 g/mol. The van der Waals surface area contributed by atoms with Crippen LogP contribution < -0.4 is 0 Å². The van der Waals surface area contributed by atoms with E-state index in [9.17, 15) is 19.5 Å². The average Bonchev–Trinajstić information content (AvgIpc) is 3.23. The maximum atomic E-state index is 13.0. The fourth-order valence-electron chi connectivity index (χ4n) is 3.75. The minimum absolute atomic E-state index is 0.147. The predicted molar refractivity (Wildman–Crippen MR) is 84.3 cm³/mol. The van der Waals surface area contributed by atoms with Crippen LogP contribution in [-0.4, -0.2) is 57.9 Å². The van der Waals surface area contributed by atoms with Crippen molar-refractivity contribution in [2.24, 2.45) is 5.92 Å². The number of hydrogen-bond acceptors (Lipinski definition) is 4. The van der Waals surface area contributed by atoms with Gasteiger partial charge in [0.1, 0.15) is 6.04 Å². The smallest absolute Gasteiger partial charge is 0.308 e. The number of nitrogens with zero attached hydrogens (tertiary/aromatic N) is 2. The van der Waals surface area contributed by atoms with Gasteiger partial charge < -0.3 is 19.3 Å². The second-order valence-corrected chi connectivity index (χ2v) is 6.49. The molecule has 2 fully saturated rings. The van der Waals surface area contributed by atoms with Crippen molar-refractivity contribution in [3.63, 3.8) is 0 Å². The summed E-state index contributed by atoms with van der Waals surface area (Å²) in [5, 5.41) is 9.24. The summed E-state index contributed by atoms with van der Waals surface area (Å²) in [6, 6.07) is 2.36. The van der Waals surface area contributed by atoms with Gasteiger partial charge >= 0.3 is 5.97 Å². The number of carboxylic acid groups (broad SMARTS) is 1. The van der Waals surface area contributed by atoms with E-state index in [0.29, 0.717) is 25.9 Å². The molecule has 1 N–H and O–H groups in total. The molecular weight excluding hydrogens is 312 g/mol. The monoisotopic (exact) mass is 334 g/mol. The maximum Gasteiger partial charge on any atom is 0.308 e. The van der Waals surface area contributed by atoms with Gasteiger partial charge in [0, 0.05) is 19.1 Å². The molecule has 130 valence electrons. The van der Waals surface area contributed by atoms with Crippen molar-refractivity contribution in [1.29, 1.82) is 0 Å². The summed E-state index contributed by atoms with van der Waals surface area (Å²) in [7, 11) is 0. The van der Waals surface area contributed by atoms with Crippen molar-refractivity contribution in [2.75, 3.05) is 13.1 Å². The molecule has 0 aliphatic carbocycles. The molecule has 0 radical (unpaired) electrons. The largest absolute Gasteiger partial charge is 0.481 e. The van der Waals surface area contributed by atoms with Crippen molar-refractivity contribution >= 4 is 17.8 Å². The lowest BCUT2D eigenvalue weighted by molar-refractivity contribution is -0.144. The Hall–Kier alpha value is -2.31. The van der Waals surface area contributed by atoms with E-state index >= 15 is 0 Å². The normalized spacial score (nSPS) is 27.3. The Morgan fingerprint density at radius 3 is 2.58 bits per heavy atom. The molecule has 0 spiro atoms. The van der Waals surface area contributed by atoms with Gasteiger partial charge in [-0.15, -0.1) is 0 Å². The first-order valence-electron chi connectivity index (χ1n) is 8.38. The molecule has 1 aromatic heterocycles. The number of rotatable bonds is 3. The molecule has 2 saturated heterocycles. The molecule has 3 atom stereocenters. The molecule has 24 heavy (non-hydrogen) atoms. The minimum atomic E-state index is -0.870. The second-order valence-electron chi connectivity index (χ2n) is 6.49. The third-order valence-electron chi connectivity index (χ3n) is 5.14. The Morgan fingerprint density at radius 1 is 1.17 bits per heavy atom. The molecule has 2 aliphatic heterocycles. The molecule has 0 aromatic carbocycles. The summed E-state index contributed by atoms with van der Waals surface area (Å²) in [4.78, 5) is 40.1. The van der Waals surface area contributed by atoms with Crippen LogP contribution in [0.2, 0.25) is 0 Å². The quantitative estimate of drug-likeness (QED) is 0.906. The number of aliphatic carboxylic acids is 1.